The highest BCUT2D eigenvalue weighted by atomic mass is 16.6. The van der Waals surface area contributed by atoms with Gasteiger partial charge in [-0.15, -0.1) is 0 Å². The van der Waals surface area contributed by atoms with Crippen molar-refractivity contribution in [1.29, 1.82) is 0 Å². The van der Waals surface area contributed by atoms with Crippen LogP contribution in [0.5, 0.6) is 0 Å². The molecular formula is C15H26N4O3. The van der Waals surface area contributed by atoms with Crippen LogP contribution in [0.1, 0.15) is 52.4 Å². The number of carbonyl (C=O) groups is 1. The van der Waals surface area contributed by atoms with Crippen molar-refractivity contribution in [2.75, 3.05) is 26.2 Å². The Labute approximate surface area is 131 Å². The molecule has 0 spiro atoms. The van der Waals surface area contributed by atoms with Crippen LogP contribution in [0.25, 0.3) is 0 Å². The molecule has 1 aliphatic heterocycles. The van der Waals surface area contributed by atoms with E-state index >= 15 is 0 Å². The summed E-state index contributed by atoms with van der Waals surface area (Å²) >= 11 is 0. The van der Waals surface area contributed by atoms with Gasteiger partial charge in [-0.1, -0.05) is 12.1 Å². The second-order valence-electron chi connectivity index (χ2n) is 6.58. The lowest BCUT2D eigenvalue weighted by Crippen LogP contribution is -2.50. The number of ether oxygens (including phenoxy) is 1. The molecule has 0 aromatic carbocycles. The van der Waals surface area contributed by atoms with E-state index in [1.165, 1.54) is 0 Å². The minimum absolute atomic E-state index is 0.0635. The molecule has 1 fully saturated rings. The van der Waals surface area contributed by atoms with Crippen molar-refractivity contribution >= 4 is 6.09 Å². The van der Waals surface area contributed by atoms with E-state index in [-0.39, 0.29) is 12.1 Å². The van der Waals surface area contributed by atoms with Crippen molar-refractivity contribution in [3.63, 3.8) is 0 Å². The molecule has 7 nitrogen and oxygen atoms in total. The molecule has 0 saturated carbocycles. The van der Waals surface area contributed by atoms with Crippen LogP contribution in [0.15, 0.2) is 4.52 Å². The monoisotopic (exact) mass is 310 g/mol. The Morgan fingerprint density at radius 3 is 2.45 bits per heavy atom. The summed E-state index contributed by atoms with van der Waals surface area (Å²) in [5.74, 6) is 1.37. The molecule has 1 atom stereocenters. The summed E-state index contributed by atoms with van der Waals surface area (Å²) in [6.07, 6.45) is 0.522. The molecule has 7 heteroatoms. The van der Waals surface area contributed by atoms with Gasteiger partial charge in [0.1, 0.15) is 5.60 Å². The number of carbonyl (C=O) groups excluding carboxylic acids is 1. The van der Waals surface area contributed by atoms with Gasteiger partial charge >= 0.3 is 6.09 Å². The van der Waals surface area contributed by atoms with E-state index < -0.39 is 5.60 Å². The maximum Gasteiger partial charge on any atom is 0.410 e. The number of amides is 1. The average Bonchev–Trinajstić information content (AvgIpc) is 2.94. The number of rotatable bonds is 3. The summed E-state index contributed by atoms with van der Waals surface area (Å²) in [5, 5.41) is 3.94. The fraction of sp³-hybridized carbons (Fsp3) is 0.800. The van der Waals surface area contributed by atoms with E-state index in [1.54, 1.807) is 4.90 Å². The summed E-state index contributed by atoms with van der Waals surface area (Å²) in [6.45, 7) is 12.5. The second-order valence-corrected chi connectivity index (χ2v) is 6.58. The Morgan fingerprint density at radius 1 is 1.32 bits per heavy atom. The first-order chi connectivity index (χ1) is 10.3. The topological polar surface area (TPSA) is 71.7 Å². The lowest BCUT2D eigenvalue weighted by Gasteiger charge is -2.37. The van der Waals surface area contributed by atoms with E-state index in [1.807, 2.05) is 27.7 Å². The minimum Gasteiger partial charge on any atom is -0.444 e. The molecule has 2 rings (SSSR count). The molecule has 1 aromatic rings. The summed E-state index contributed by atoms with van der Waals surface area (Å²) in [6, 6.07) is 0.0635. The Hall–Kier alpha value is -1.63. The van der Waals surface area contributed by atoms with Crippen molar-refractivity contribution in [2.24, 2.45) is 0 Å². The Bertz CT molecular complexity index is 501. The predicted octanol–water partition coefficient (Wildman–Crippen LogP) is 2.25. The average molecular weight is 310 g/mol. The van der Waals surface area contributed by atoms with Gasteiger partial charge in [0.25, 0.3) is 0 Å². The van der Waals surface area contributed by atoms with Crippen molar-refractivity contribution in [1.82, 2.24) is 19.9 Å². The number of hydrogen-bond donors (Lipinski definition) is 0. The van der Waals surface area contributed by atoms with Crippen LogP contribution in [-0.4, -0.2) is 57.8 Å². The first kappa shape index (κ1) is 16.7. The van der Waals surface area contributed by atoms with Gasteiger partial charge in [-0.05, 0) is 27.7 Å². The lowest BCUT2D eigenvalue weighted by molar-refractivity contribution is 0.00957. The van der Waals surface area contributed by atoms with Crippen LogP contribution in [0.3, 0.4) is 0 Å². The lowest BCUT2D eigenvalue weighted by atomic mass is 10.2. The van der Waals surface area contributed by atoms with Crippen LogP contribution in [0, 0.1) is 0 Å². The quantitative estimate of drug-likeness (QED) is 0.852. The molecule has 22 heavy (non-hydrogen) atoms. The molecule has 124 valence electrons. The zero-order chi connectivity index (χ0) is 16.3. The zero-order valence-electron chi connectivity index (χ0n) is 14.1. The Balaban J connectivity index is 1.87. The van der Waals surface area contributed by atoms with Crippen molar-refractivity contribution < 1.29 is 14.1 Å². The summed E-state index contributed by atoms with van der Waals surface area (Å²) in [4.78, 5) is 20.4. The fourth-order valence-electron chi connectivity index (χ4n) is 2.36. The normalized spacial score (nSPS) is 18.3. The van der Waals surface area contributed by atoms with Crippen LogP contribution in [0.4, 0.5) is 4.79 Å². The standard InChI is InChI=1S/C15H26N4O3/c1-6-12-16-13(22-17-12)11(2)18-7-9-19(10-8-18)14(20)21-15(3,4)5/h11H,6-10H2,1-5H3/t11-/m0/s1. The Morgan fingerprint density at radius 2 is 1.95 bits per heavy atom. The number of piperazine rings is 1. The molecule has 0 radical (unpaired) electrons. The van der Waals surface area contributed by atoms with Crippen molar-refractivity contribution in [3.05, 3.63) is 11.7 Å². The first-order valence-corrected chi connectivity index (χ1v) is 7.84. The van der Waals surface area contributed by atoms with Crippen LogP contribution < -0.4 is 0 Å². The van der Waals surface area contributed by atoms with Crippen molar-refractivity contribution in [3.8, 4) is 0 Å². The molecule has 1 saturated heterocycles. The van der Waals surface area contributed by atoms with Gasteiger partial charge in [0.05, 0.1) is 6.04 Å². The second kappa shape index (κ2) is 6.64. The molecule has 0 N–H and O–H groups in total. The summed E-state index contributed by atoms with van der Waals surface area (Å²) in [5.41, 5.74) is -0.457. The molecular weight excluding hydrogens is 284 g/mol. The van der Waals surface area contributed by atoms with Gasteiger partial charge in [0.2, 0.25) is 5.89 Å². The smallest absolute Gasteiger partial charge is 0.410 e. The summed E-state index contributed by atoms with van der Waals surface area (Å²) < 4.78 is 10.7. The first-order valence-electron chi connectivity index (χ1n) is 7.84. The molecule has 0 unspecified atom stereocenters. The van der Waals surface area contributed by atoms with Gasteiger partial charge in [0.15, 0.2) is 5.82 Å². The van der Waals surface area contributed by atoms with E-state index in [0.29, 0.717) is 19.0 Å². The van der Waals surface area contributed by atoms with E-state index in [2.05, 4.69) is 22.0 Å². The zero-order valence-corrected chi connectivity index (χ0v) is 14.1. The molecule has 0 bridgehead atoms. The third-order valence-electron chi connectivity index (χ3n) is 3.67. The number of aryl methyl sites for hydroxylation is 1. The molecule has 2 heterocycles. The van der Waals surface area contributed by atoms with Gasteiger partial charge in [0, 0.05) is 32.6 Å². The highest BCUT2D eigenvalue weighted by molar-refractivity contribution is 5.68. The van der Waals surface area contributed by atoms with Crippen LogP contribution >= 0.6 is 0 Å². The summed E-state index contributed by atoms with van der Waals surface area (Å²) in [7, 11) is 0. The maximum absolute atomic E-state index is 12.0. The van der Waals surface area contributed by atoms with Gasteiger partial charge in [-0.2, -0.15) is 4.98 Å². The van der Waals surface area contributed by atoms with Crippen LogP contribution in [0.2, 0.25) is 0 Å². The molecule has 1 aromatic heterocycles. The third kappa shape index (κ3) is 4.19. The highest BCUT2D eigenvalue weighted by Gasteiger charge is 2.29. The van der Waals surface area contributed by atoms with E-state index in [4.69, 9.17) is 9.26 Å². The number of aromatic nitrogens is 2. The maximum atomic E-state index is 12.0. The molecule has 1 aliphatic rings. The highest BCUT2D eigenvalue weighted by Crippen LogP contribution is 2.21. The van der Waals surface area contributed by atoms with Gasteiger partial charge in [-0.3, -0.25) is 4.90 Å². The minimum atomic E-state index is -0.457. The number of nitrogens with zero attached hydrogens (tertiary/aromatic N) is 4. The predicted molar refractivity (Wildman–Crippen MR) is 81.5 cm³/mol. The SMILES string of the molecule is CCc1noc([C@H](C)N2CCN(C(=O)OC(C)(C)C)CC2)n1. The largest absolute Gasteiger partial charge is 0.444 e. The van der Waals surface area contributed by atoms with E-state index in [0.717, 1.165) is 25.3 Å². The van der Waals surface area contributed by atoms with E-state index in [9.17, 15) is 4.79 Å². The van der Waals surface area contributed by atoms with Crippen molar-refractivity contribution in [2.45, 2.75) is 52.7 Å². The molecule has 1 amide bonds. The van der Waals surface area contributed by atoms with Crippen LogP contribution in [-0.2, 0) is 11.2 Å². The Kier molecular flexibility index (Phi) is 5.05. The molecule has 0 aliphatic carbocycles. The number of hydrogen-bond acceptors (Lipinski definition) is 6. The third-order valence-corrected chi connectivity index (χ3v) is 3.67. The fourth-order valence-corrected chi connectivity index (χ4v) is 2.36. The van der Waals surface area contributed by atoms with Gasteiger partial charge < -0.3 is 14.2 Å². The van der Waals surface area contributed by atoms with Gasteiger partial charge in [-0.25, -0.2) is 4.79 Å².